The lowest BCUT2D eigenvalue weighted by atomic mass is 10.1. The van der Waals surface area contributed by atoms with E-state index in [1.807, 2.05) is 44.2 Å². The molecule has 138 valence electrons. The van der Waals surface area contributed by atoms with Crippen molar-refractivity contribution in [2.45, 2.75) is 26.7 Å². The highest BCUT2D eigenvalue weighted by Gasteiger charge is 2.09. The Morgan fingerprint density at radius 2 is 1.81 bits per heavy atom. The average molecular weight is 359 g/mol. The second-order valence-corrected chi connectivity index (χ2v) is 6.75. The summed E-state index contributed by atoms with van der Waals surface area (Å²) >= 11 is 0. The van der Waals surface area contributed by atoms with Crippen molar-refractivity contribution in [2.75, 3.05) is 17.2 Å². The van der Waals surface area contributed by atoms with Crippen molar-refractivity contribution < 1.29 is 4.79 Å². The molecule has 1 aromatic heterocycles. The number of carbonyl (C=O) groups excluding carboxylic acids is 1. The molecule has 2 aromatic carbocycles. The maximum atomic E-state index is 12.6. The van der Waals surface area contributed by atoms with Gasteiger partial charge in [0.05, 0.1) is 11.3 Å². The molecule has 27 heavy (non-hydrogen) atoms. The van der Waals surface area contributed by atoms with E-state index in [0.29, 0.717) is 5.56 Å². The molecule has 3 aromatic rings. The molecule has 0 aliphatic rings. The Balaban J connectivity index is 1.56. The summed E-state index contributed by atoms with van der Waals surface area (Å²) in [5.74, 6) is -0.149. The van der Waals surface area contributed by atoms with Crippen molar-refractivity contribution in [1.82, 2.24) is 4.98 Å². The second-order valence-electron chi connectivity index (χ2n) is 6.75. The van der Waals surface area contributed by atoms with Gasteiger partial charge in [0.15, 0.2) is 0 Å². The number of pyridine rings is 1. The van der Waals surface area contributed by atoms with Gasteiger partial charge in [0.2, 0.25) is 0 Å². The third-order valence-corrected chi connectivity index (χ3v) is 4.46. The highest BCUT2D eigenvalue weighted by molar-refractivity contribution is 6.05. The fourth-order valence-electron chi connectivity index (χ4n) is 2.90. The van der Waals surface area contributed by atoms with Crippen molar-refractivity contribution in [3.8, 4) is 0 Å². The van der Waals surface area contributed by atoms with Gasteiger partial charge in [-0.1, -0.05) is 42.5 Å². The first kappa shape index (κ1) is 18.6. The molecule has 1 heterocycles. The topological polar surface area (TPSA) is 54.0 Å². The zero-order valence-corrected chi connectivity index (χ0v) is 15.8. The molecule has 0 bridgehead atoms. The molecule has 2 N–H and O–H groups in total. The fraction of sp³-hybridized carbons (Fsp3) is 0.217. The first-order valence-electron chi connectivity index (χ1n) is 9.23. The van der Waals surface area contributed by atoms with Crippen LogP contribution in [0.15, 0.2) is 67.0 Å². The minimum Gasteiger partial charge on any atom is -0.384 e. The molecule has 0 aliphatic heterocycles. The molecule has 0 unspecified atom stereocenters. The number of nitrogens with zero attached hydrogens (tertiary/aromatic N) is 1. The lowest BCUT2D eigenvalue weighted by Gasteiger charge is -2.11. The van der Waals surface area contributed by atoms with Crippen LogP contribution in [0.4, 0.5) is 11.4 Å². The molecule has 0 spiro atoms. The number of amides is 1. The van der Waals surface area contributed by atoms with Crippen LogP contribution in [0.5, 0.6) is 0 Å². The van der Waals surface area contributed by atoms with Crippen LogP contribution >= 0.6 is 0 Å². The van der Waals surface area contributed by atoms with Gasteiger partial charge in [-0.2, -0.15) is 0 Å². The Kier molecular flexibility index (Phi) is 6.21. The molecule has 0 fully saturated rings. The molecule has 4 heteroatoms. The molecule has 1 amide bonds. The zero-order chi connectivity index (χ0) is 19.1. The Morgan fingerprint density at radius 1 is 1.00 bits per heavy atom. The predicted octanol–water partition coefficient (Wildman–Crippen LogP) is 5.00. The molecule has 0 atom stereocenters. The summed E-state index contributed by atoms with van der Waals surface area (Å²) in [5.41, 5.74) is 5.72. The third-order valence-electron chi connectivity index (χ3n) is 4.46. The highest BCUT2D eigenvalue weighted by atomic mass is 16.1. The SMILES string of the molecule is Cc1ccc(C)c(NC(=O)c2cncc(NCCCc3ccccc3)c2)c1. The summed E-state index contributed by atoms with van der Waals surface area (Å²) < 4.78 is 0. The normalized spacial score (nSPS) is 10.4. The minimum atomic E-state index is -0.149. The van der Waals surface area contributed by atoms with Crippen LogP contribution in [0.1, 0.15) is 33.5 Å². The van der Waals surface area contributed by atoms with Gasteiger partial charge in [-0.15, -0.1) is 0 Å². The maximum absolute atomic E-state index is 12.6. The number of aromatic nitrogens is 1. The molecule has 0 saturated carbocycles. The van der Waals surface area contributed by atoms with Crippen molar-refractivity contribution in [3.63, 3.8) is 0 Å². The van der Waals surface area contributed by atoms with Crippen LogP contribution in [0.25, 0.3) is 0 Å². The molecule has 0 aliphatic carbocycles. The summed E-state index contributed by atoms with van der Waals surface area (Å²) in [6.45, 7) is 4.83. The molecular weight excluding hydrogens is 334 g/mol. The van der Waals surface area contributed by atoms with Crippen LogP contribution in [0, 0.1) is 13.8 Å². The number of hydrogen-bond acceptors (Lipinski definition) is 3. The van der Waals surface area contributed by atoms with Crippen LogP contribution in [-0.4, -0.2) is 17.4 Å². The second kappa shape index (κ2) is 8.99. The van der Waals surface area contributed by atoms with Crippen molar-refractivity contribution >= 4 is 17.3 Å². The summed E-state index contributed by atoms with van der Waals surface area (Å²) in [7, 11) is 0. The maximum Gasteiger partial charge on any atom is 0.257 e. The van der Waals surface area contributed by atoms with Gasteiger partial charge in [0, 0.05) is 24.6 Å². The number of hydrogen-bond donors (Lipinski definition) is 2. The third kappa shape index (κ3) is 5.42. The number of nitrogens with one attached hydrogen (secondary N) is 2. The number of benzene rings is 2. The summed E-state index contributed by atoms with van der Waals surface area (Å²) in [6, 6.07) is 18.3. The number of rotatable bonds is 7. The number of aryl methyl sites for hydroxylation is 3. The summed E-state index contributed by atoms with van der Waals surface area (Å²) in [6.07, 6.45) is 5.38. The van der Waals surface area contributed by atoms with E-state index in [4.69, 9.17) is 0 Å². The van der Waals surface area contributed by atoms with E-state index in [0.717, 1.165) is 41.9 Å². The van der Waals surface area contributed by atoms with E-state index in [1.54, 1.807) is 12.4 Å². The van der Waals surface area contributed by atoms with Gasteiger partial charge in [-0.05, 0) is 55.5 Å². The minimum absolute atomic E-state index is 0.149. The van der Waals surface area contributed by atoms with Gasteiger partial charge in [0.1, 0.15) is 0 Å². The van der Waals surface area contributed by atoms with Crippen molar-refractivity contribution in [2.24, 2.45) is 0 Å². The van der Waals surface area contributed by atoms with E-state index >= 15 is 0 Å². The average Bonchev–Trinajstić information content (AvgIpc) is 2.69. The van der Waals surface area contributed by atoms with Crippen LogP contribution in [0.2, 0.25) is 0 Å². The van der Waals surface area contributed by atoms with Gasteiger partial charge in [-0.3, -0.25) is 9.78 Å². The lowest BCUT2D eigenvalue weighted by Crippen LogP contribution is -2.14. The van der Waals surface area contributed by atoms with Crippen molar-refractivity contribution in [3.05, 3.63) is 89.2 Å². The molecule has 0 radical (unpaired) electrons. The van der Waals surface area contributed by atoms with E-state index in [2.05, 4.69) is 39.9 Å². The Hall–Kier alpha value is -3.14. The lowest BCUT2D eigenvalue weighted by molar-refractivity contribution is 0.102. The quantitative estimate of drug-likeness (QED) is 0.584. The van der Waals surface area contributed by atoms with E-state index in [9.17, 15) is 4.79 Å². The predicted molar refractivity (Wildman–Crippen MR) is 111 cm³/mol. The van der Waals surface area contributed by atoms with Gasteiger partial charge >= 0.3 is 0 Å². The van der Waals surface area contributed by atoms with Crippen LogP contribution < -0.4 is 10.6 Å². The molecule has 3 rings (SSSR count). The van der Waals surface area contributed by atoms with Crippen molar-refractivity contribution in [1.29, 1.82) is 0 Å². The first-order valence-corrected chi connectivity index (χ1v) is 9.23. The van der Waals surface area contributed by atoms with E-state index in [1.165, 1.54) is 5.56 Å². The highest BCUT2D eigenvalue weighted by Crippen LogP contribution is 2.18. The Morgan fingerprint density at radius 3 is 2.63 bits per heavy atom. The fourth-order valence-corrected chi connectivity index (χ4v) is 2.90. The van der Waals surface area contributed by atoms with Gasteiger partial charge in [-0.25, -0.2) is 0 Å². The summed E-state index contributed by atoms with van der Waals surface area (Å²) in [5, 5.41) is 6.33. The summed E-state index contributed by atoms with van der Waals surface area (Å²) in [4.78, 5) is 16.8. The molecular formula is C23H25N3O. The Bertz CT molecular complexity index is 907. The van der Waals surface area contributed by atoms with Gasteiger partial charge < -0.3 is 10.6 Å². The number of carbonyl (C=O) groups is 1. The largest absolute Gasteiger partial charge is 0.384 e. The van der Waals surface area contributed by atoms with Crippen LogP contribution in [-0.2, 0) is 6.42 Å². The smallest absolute Gasteiger partial charge is 0.257 e. The van der Waals surface area contributed by atoms with Crippen LogP contribution in [0.3, 0.4) is 0 Å². The van der Waals surface area contributed by atoms with E-state index in [-0.39, 0.29) is 5.91 Å². The zero-order valence-electron chi connectivity index (χ0n) is 15.8. The standard InChI is InChI=1S/C23H25N3O/c1-17-10-11-18(2)22(13-17)26-23(27)20-14-21(16-24-15-20)25-12-6-9-19-7-4-3-5-8-19/h3-5,7-8,10-11,13-16,25H,6,9,12H2,1-2H3,(H,26,27). The molecule has 0 saturated heterocycles. The Labute approximate surface area is 160 Å². The number of anilines is 2. The first-order chi connectivity index (χ1) is 13.1. The van der Waals surface area contributed by atoms with E-state index < -0.39 is 0 Å². The molecule has 4 nitrogen and oxygen atoms in total. The van der Waals surface area contributed by atoms with Gasteiger partial charge in [0.25, 0.3) is 5.91 Å². The monoisotopic (exact) mass is 359 g/mol.